The van der Waals surface area contributed by atoms with Gasteiger partial charge in [0.1, 0.15) is 0 Å². The minimum absolute atomic E-state index is 0.186. The first-order valence-electron chi connectivity index (χ1n) is 9.60. The normalized spacial score (nSPS) is 14.5. The van der Waals surface area contributed by atoms with Crippen LogP contribution in [-0.4, -0.2) is 45.2 Å². The number of rotatable bonds is 6. The highest BCUT2D eigenvalue weighted by Crippen LogP contribution is 2.22. The van der Waals surface area contributed by atoms with Crippen LogP contribution >= 0.6 is 0 Å². The molecule has 3 rings (SSSR count). The van der Waals surface area contributed by atoms with Crippen molar-refractivity contribution in [3.05, 3.63) is 52.9 Å². The van der Waals surface area contributed by atoms with Gasteiger partial charge in [0, 0.05) is 25.4 Å². The molecule has 3 N–H and O–H groups in total. The topological polar surface area (TPSA) is 90.4 Å². The number of nitrogens with zero attached hydrogens (tertiary/aromatic N) is 3. The molecule has 2 aromatic rings. The SMILES string of the molecule is CC(C)Nc1ncc2c(n1)CN(C(=O)NC(CCO)c1ccc(F)c(F)c1)CC2. The second-order valence-corrected chi connectivity index (χ2v) is 7.32. The van der Waals surface area contributed by atoms with Crippen molar-refractivity contribution in [2.24, 2.45) is 0 Å². The predicted octanol–water partition coefficient (Wildman–Crippen LogP) is 2.77. The van der Waals surface area contributed by atoms with Crippen LogP contribution in [0.25, 0.3) is 0 Å². The van der Waals surface area contributed by atoms with Gasteiger partial charge in [0.15, 0.2) is 11.6 Å². The lowest BCUT2D eigenvalue weighted by atomic mass is 10.0. The van der Waals surface area contributed by atoms with E-state index in [1.54, 1.807) is 11.1 Å². The van der Waals surface area contributed by atoms with Crippen molar-refractivity contribution in [3.8, 4) is 0 Å². The fourth-order valence-electron chi connectivity index (χ4n) is 3.22. The molecule has 1 aromatic heterocycles. The van der Waals surface area contributed by atoms with E-state index in [1.807, 2.05) is 13.8 Å². The van der Waals surface area contributed by atoms with Gasteiger partial charge in [-0.3, -0.25) is 0 Å². The number of anilines is 1. The predicted molar refractivity (Wildman–Crippen MR) is 104 cm³/mol. The smallest absolute Gasteiger partial charge is 0.318 e. The Morgan fingerprint density at radius 3 is 2.79 bits per heavy atom. The maximum absolute atomic E-state index is 13.6. The minimum Gasteiger partial charge on any atom is -0.396 e. The summed E-state index contributed by atoms with van der Waals surface area (Å²) in [6.45, 7) is 4.58. The third-order valence-electron chi connectivity index (χ3n) is 4.71. The Labute approximate surface area is 168 Å². The lowest BCUT2D eigenvalue weighted by molar-refractivity contribution is 0.183. The van der Waals surface area contributed by atoms with Crippen LogP contribution in [0.3, 0.4) is 0 Å². The Morgan fingerprint density at radius 1 is 1.31 bits per heavy atom. The van der Waals surface area contributed by atoms with E-state index in [2.05, 4.69) is 20.6 Å². The largest absolute Gasteiger partial charge is 0.396 e. The molecule has 0 aliphatic carbocycles. The van der Waals surface area contributed by atoms with Crippen molar-refractivity contribution in [1.82, 2.24) is 20.2 Å². The quantitative estimate of drug-likeness (QED) is 0.688. The molecular formula is C20H25F2N5O2. The fourth-order valence-corrected chi connectivity index (χ4v) is 3.22. The molecule has 0 spiro atoms. The molecule has 1 atom stereocenters. The van der Waals surface area contributed by atoms with Gasteiger partial charge in [0.05, 0.1) is 18.3 Å². The summed E-state index contributed by atoms with van der Waals surface area (Å²) >= 11 is 0. The Balaban J connectivity index is 1.71. The Morgan fingerprint density at radius 2 is 2.10 bits per heavy atom. The lowest BCUT2D eigenvalue weighted by Gasteiger charge is -2.30. The van der Waals surface area contributed by atoms with Crippen LogP contribution in [0.2, 0.25) is 0 Å². The molecule has 2 amide bonds. The van der Waals surface area contributed by atoms with Crippen LogP contribution in [0.5, 0.6) is 0 Å². The number of benzene rings is 1. The average molecular weight is 405 g/mol. The monoisotopic (exact) mass is 405 g/mol. The summed E-state index contributed by atoms with van der Waals surface area (Å²) in [4.78, 5) is 23.2. The summed E-state index contributed by atoms with van der Waals surface area (Å²) in [5, 5.41) is 15.3. The average Bonchev–Trinajstić information content (AvgIpc) is 2.68. The summed E-state index contributed by atoms with van der Waals surface area (Å²) < 4.78 is 26.8. The molecule has 0 saturated carbocycles. The van der Waals surface area contributed by atoms with Crippen molar-refractivity contribution in [2.45, 2.75) is 45.3 Å². The summed E-state index contributed by atoms with van der Waals surface area (Å²) in [5.74, 6) is -1.43. The van der Waals surface area contributed by atoms with Gasteiger partial charge in [-0.1, -0.05) is 6.07 Å². The second-order valence-electron chi connectivity index (χ2n) is 7.32. The van der Waals surface area contributed by atoms with E-state index in [0.29, 0.717) is 31.0 Å². The standard InChI is InChI=1S/C20H25F2N5O2/c1-12(2)24-19-23-10-14-5-7-27(11-18(14)25-19)20(29)26-17(6-8-28)13-3-4-15(21)16(22)9-13/h3-4,9-10,12,17,28H,5-8,11H2,1-2H3,(H,26,29)(H,23,24,25). The van der Waals surface area contributed by atoms with Gasteiger partial charge in [0.25, 0.3) is 0 Å². The van der Waals surface area contributed by atoms with Gasteiger partial charge in [-0.25, -0.2) is 23.5 Å². The Bertz CT molecular complexity index is 878. The van der Waals surface area contributed by atoms with Crippen LogP contribution in [0.4, 0.5) is 19.5 Å². The first-order chi connectivity index (χ1) is 13.9. The highest BCUT2D eigenvalue weighted by Gasteiger charge is 2.25. The molecule has 156 valence electrons. The summed E-state index contributed by atoms with van der Waals surface area (Å²) in [7, 11) is 0. The van der Waals surface area contributed by atoms with Gasteiger partial charge in [-0.15, -0.1) is 0 Å². The van der Waals surface area contributed by atoms with Crippen molar-refractivity contribution in [3.63, 3.8) is 0 Å². The first kappa shape index (κ1) is 20.9. The highest BCUT2D eigenvalue weighted by molar-refractivity contribution is 5.75. The van der Waals surface area contributed by atoms with Crippen molar-refractivity contribution >= 4 is 12.0 Å². The number of aliphatic hydroxyl groups is 1. The highest BCUT2D eigenvalue weighted by atomic mass is 19.2. The maximum atomic E-state index is 13.6. The van der Waals surface area contributed by atoms with E-state index < -0.39 is 17.7 Å². The summed E-state index contributed by atoms with van der Waals surface area (Å²) in [6, 6.07) is 2.66. The Hall–Kier alpha value is -2.81. The van der Waals surface area contributed by atoms with Crippen LogP contribution in [0.1, 0.15) is 43.1 Å². The van der Waals surface area contributed by atoms with E-state index >= 15 is 0 Å². The lowest BCUT2D eigenvalue weighted by Crippen LogP contribution is -2.44. The minimum atomic E-state index is -0.992. The molecule has 1 aliphatic heterocycles. The van der Waals surface area contributed by atoms with E-state index in [1.165, 1.54) is 6.07 Å². The molecule has 2 heterocycles. The third-order valence-corrected chi connectivity index (χ3v) is 4.71. The molecule has 0 saturated heterocycles. The third kappa shape index (κ3) is 5.17. The van der Waals surface area contributed by atoms with Crippen molar-refractivity contribution in [2.75, 3.05) is 18.5 Å². The zero-order chi connectivity index (χ0) is 21.0. The number of hydrogen-bond donors (Lipinski definition) is 3. The molecule has 0 bridgehead atoms. The van der Waals surface area contributed by atoms with E-state index in [4.69, 9.17) is 0 Å². The number of fused-ring (bicyclic) bond motifs is 1. The number of urea groups is 1. The van der Waals surface area contributed by atoms with Gasteiger partial charge in [-0.2, -0.15) is 0 Å². The van der Waals surface area contributed by atoms with Gasteiger partial charge in [0.2, 0.25) is 5.95 Å². The number of amides is 2. The number of halogens is 2. The molecule has 0 radical (unpaired) electrons. The number of carbonyl (C=O) groups excluding carboxylic acids is 1. The van der Waals surface area contributed by atoms with Crippen LogP contribution in [0, 0.1) is 11.6 Å². The molecule has 9 heteroatoms. The Kier molecular flexibility index (Phi) is 6.58. The fraction of sp³-hybridized carbons (Fsp3) is 0.450. The van der Waals surface area contributed by atoms with Gasteiger partial charge < -0.3 is 20.6 Å². The molecule has 7 nitrogen and oxygen atoms in total. The summed E-state index contributed by atoms with van der Waals surface area (Å²) in [6.07, 6.45) is 2.59. The molecule has 0 fully saturated rings. The molecular weight excluding hydrogens is 380 g/mol. The molecule has 29 heavy (non-hydrogen) atoms. The second kappa shape index (κ2) is 9.13. The summed E-state index contributed by atoms with van der Waals surface area (Å²) in [5.41, 5.74) is 2.17. The van der Waals surface area contributed by atoms with E-state index in [-0.39, 0.29) is 25.1 Å². The molecule has 1 aromatic carbocycles. The first-order valence-corrected chi connectivity index (χ1v) is 9.60. The number of aliphatic hydroxyl groups excluding tert-OH is 1. The number of hydrogen-bond acceptors (Lipinski definition) is 5. The maximum Gasteiger partial charge on any atom is 0.318 e. The van der Waals surface area contributed by atoms with Crippen LogP contribution in [0.15, 0.2) is 24.4 Å². The number of carbonyl (C=O) groups is 1. The van der Waals surface area contributed by atoms with Gasteiger partial charge >= 0.3 is 6.03 Å². The zero-order valence-corrected chi connectivity index (χ0v) is 16.5. The van der Waals surface area contributed by atoms with E-state index in [9.17, 15) is 18.7 Å². The van der Waals surface area contributed by atoms with E-state index in [0.717, 1.165) is 23.4 Å². The van der Waals surface area contributed by atoms with Crippen LogP contribution < -0.4 is 10.6 Å². The zero-order valence-electron chi connectivity index (χ0n) is 16.5. The number of nitrogens with one attached hydrogen (secondary N) is 2. The van der Waals surface area contributed by atoms with Crippen molar-refractivity contribution in [1.29, 1.82) is 0 Å². The molecule has 1 unspecified atom stereocenters. The molecule has 1 aliphatic rings. The van der Waals surface area contributed by atoms with Gasteiger partial charge in [-0.05, 0) is 49.9 Å². The number of aromatic nitrogens is 2. The van der Waals surface area contributed by atoms with Crippen molar-refractivity contribution < 1.29 is 18.7 Å². The van der Waals surface area contributed by atoms with Crippen LogP contribution in [-0.2, 0) is 13.0 Å².